The monoisotopic (exact) mass is 499 g/mol. The Hall–Kier alpha value is -4.72. The predicted octanol–water partition coefficient (Wildman–Crippen LogP) is 4.19. The molecular formula is C29H25NO7. The minimum Gasteiger partial charge on any atom is -0.504 e. The molecule has 8 heteroatoms. The Morgan fingerprint density at radius 1 is 0.838 bits per heavy atom. The maximum Gasteiger partial charge on any atom is 0.328 e. The van der Waals surface area contributed by atoms with Crippen molar-refractivity contribution in [2.75, 3.05) is 7.11 Å². The molecule has 0 unspecified atom stereocenters. The molecule has 0 spiro atoms. The lowest BCUT2D eigenvalue weighted by Gasteiger charge is -2.42. The van der Waals surface area contributed by atoms with Gasteiger partial charge in [0.1, 0.15) is 6.04 Å². The molecule has 4 aromatic rings. The summed E-state index contributed by atoms with van der Waals surface area (Å²) in [6, 6.07) is 18.3. The molecule has 188 valence electrons. The van der Waals surface area contributed by atoms with E-state index in [1.165, 1.54) is 36.3 Å². The first-order valence-corrected chi connectivity index (χ1v) is 11.7. The molecule has 5 rings (SSSR count). The van der Waals surface area contributed by atoms with Crippen molar-refractivity contribution >= 4 is 22.6 Å². The van der Waals surface area contributed by atoms with Crippen LogP contribution in [0, 0.1) is 0 Å². The van der Waals surface area contributed by atoms with Crippen molar-refractivity contribution in [3.05, 3.63) is 95.1 Å². The molecule has 2 atom stereocenters. The summed E-state index contributed by atoms with van der Waals surface area (Å²) in [5.74, 6) is -2.33. The summed E-state index contributed by atoms with van der Waals surface area (Å²) in [6.07, 6.45) is 0.227. The van der Waals surface area contributed by atoms with Crippen molar-refractivity contribution in [2.45, 2.75) is 24.9 Å². The van der Waals surface area contributed by atoms with Crippen LogP contribution in [0.2, 0.25) is 0 Å². The highest BCUT2D eigenvalue weighted by Crippen LogP contribution is 2.42. The molecule has 1 amide bonds. The fraction of sp³-hybridized carbons (Fsp3) is 0.172. The highest BCUT2D eigenvalue weighted by atomic mass is 16.5. The van der Waals surface area contributed by atoms with E-state index in [0.717, 1.165) is 10.8 Å². The van der Waals surface area contributed by atoms with Crippen molar-refractivity contribution in [1.29, 1.82) is 0 Å². The number of rotatable bonds is 4. The number of amides is 1. The molecule has 0 aliphatic carbocycles. The molecule has 37 heavy (non-hydrogen) atoms. The number of ether oxygens (including phenoxy) is 1. The Balaban J connectivity index is 1.67. The fourth-order valence-electron chi connectivity index (χ4n) is 5.01. The molecule has 1 aliphatic rings. The first kappa shape index (κ1) is 24.0. The first-order chi connectivity index (χ1) is 17.8. The summed E-state index contributed by atoms with van der Waals surface area (Å²) >= 11 is 0. The highest BCUT2D eigenvalue weighted by molar-refractivity contribution is 6.01. The van der Waals surface area contributed by atoms with Crippen LogP contribution < -0.4 is 0 Å². The molecule has 8 nitrogen and oxygen atoms in total. The van der Waals surface area contributed by atoms with Crippen LogP contribution in [0.15, 0.2) is 72.8 Å². The zero-order valence-electron chi connectivity index (χ0n) is 20.0. The number of hydrogen-bond donors (Lipinski definition) is 4. The van der Waals surface area contributed by atoms with Gasteiger partial charge in [0.2, 0.25) is 0 Å². The number of aromatic hydroxyl groups is 4. The van der Waals surface area contributed by atoms with Gasteiger partial charge in [-0.25, -0.2) is 4.79 Å². The number of fused-ring (bicyclic) bond motifs is 2. The van der Waals surface area contributed by atoms with E-state index in [9.17, 15) is 30.0 Å². The molecule has 0 bridgehead atoms. The number of carbonyl (C=O) groups is 2. The van der Waals surface area contributed by atoms with Crippen LogP contribution in [0.1, 0.15) is 33.1 Å². The van der Waals surface area contributed by atoms with Gasteiger partial charge in [0.05, 0.1) is 13.2 Å². The zero-order valence-corrected chi connectivity index (χ0v) is 20.0. The maximum absolute atomic E-state index is 14.1. The van der Waals surface area contributed by atoms with E-state index in [1.807, 2.05) is 30.3 Å². The number of phenolic OH excluding ortho intramolecular Hbond substituents is 4. The molecule has 4 aromatic carbocycles. The second kappa shape index (κ2) is 9.39. The lowest BCUT2D eigenvalue weighted by atomic mass is 9.84. The van der Waals surface area contributed by atoms with Gasteiger partial charge in [-0.15, -0.1) is 0 Å². The van der Waals surface area contributed by atoms with Gasteiger partial charge in [-0.05, 0) is 70.3 Å². The Labute approximate surface area is 212 Å². The third-order valence-corrected chi connectivity index (χ3v) is 6.85. The van der Waals surface area contributed by atoms with Crippen LogP contribution in [0.3, 0.4) is 0 Å². The number of phenols is 4. The SMILES string of the molecule is COC(=O)[C@@H]1Cc2cc(O)c(O)cc2[C@H](Cc2ccc(O)c(O)c2)N1C(=O)c1ccc2ccccc2c1. The fourth-order valence-corrected chi connectivity index (χ4v) is 5.01. The highest BCUT2D eigenvalue weighted by Gasteiger charge is 2.42. The van der Waals surface area contributed by atoms with Gasteiger partial charge in [0, 0.05) is 12.0 Å². The van der Waals surface area contributed by atoms with Crippen LogP contribution in [0.4, 0.5) is 0 Å². The van der Waals surface area contributed by atoms with E-state index >= 15 is 0 Å². The van der Waals surface area contributed by atoms with Crippen molar-refractivity contribution in [3.8, 4) is 23.0 Å². The van der Waals surface area contributed by atoms with E-state index in [-0.39, 0.29) is 35.8 Å². The standard InChI is InChI=1S/C29H25NO7/c1-37-29(36)23-13-20-14-26(33)27(34)15-21(20)22(10-16-6-9-24(31)25(32)11-16)30(23)28(35)19-8-7-17-4-2-3-5-18(17)12-19/h2-9,11-12,14-15,22-23,31-34H,10,13H2,1H3/t22-,23-/m0/s1. The summed E-state index contributed by atoms with van der Waals surface area (Å²) in [7, 11) is 1.25. The smallest absolute Gasteiger partial charge is 0.328 e. The Bertz CT molecular complexity index is 1530. The topological polar surface area (TPSA) is 128 Å². The van der Waals surface area contributed by atoms with Crippen LogP contribution in [0.25, 0.3) is 10.8 Å². The second-order valence-electron chi connectivity index (χ2n) is 9.10. The molecular weight excluding hydrogens is 474 g/mol. The average molecular weight is 500 g/mol. The number of hydrogen-bond acceptors (Lipinski definition) is 7. The van der Waals surface area contributed by atoms with Crippen LogP contribution in [0.5, 0.6) is 23.0 Å². The minimum absolute atomic E-state index is 0.0759. The van der Waals surface area contributed by atoms with Crippen LogP contribution in [-0.2, 0) is 22.4 Å². The summed E-state index contributed by atoms with van der Waals surface area (Å²) < 4.78 is 5.06. The molecule has 0 radical (unpaired) electrons. The van der Waals surface area contributed by atoms with Crippen molar-refractivity contribution in [2.24, 2.45) is 0 Å². The Morgan fingerprint density at radius 2 is 1.54 bits per heavy atom. The number of esters is 1. The lowest BCUT2D eigenvalue weighted by Crippen LogP contribution is -2.52. The van der Waals surface area contributed by atoms with Gasteiger partial charge in [0.15, 0.2) is 23.0 Å². The summed E-state index contributed by atoms with van der Waals surface area (Å²) in [4.78, 5) is 28.5. The van der Waals surface area contributed by atoms with E-state index in [4.69, 9.17) is 4.74 Å². The normalized spacial score (nSPS) is 16.8. The maximum atomic E-state index is 14.1. The van der Waals surface area contributed by atoms with Gasteiger partial charge in [-0.1, -0.05) is 36.4 Å². The molecule has 1 heterocycles. The quantitative estimate of drug-likeness (QED) is 0.245. The van der Waals surface area contributed by atoms with E-state index < -0.39 is 24.0 Å². The lowest BCUT2D eigenvalue weighted by molar-refractivity contribution is -0.147. The molecule has 0 saturated heterocycles. The molecule has 0 fully saturated rings. The Morgan fingerprint density at radius 3 is 2.27 bits per heavy atom. The molecule has 1 aliphatic heterocycles. The van der Waals surface area contributed by atoms with Gasteiger partial charge in [-0.3, -0.25) is 4.79 Å². The third kappa shape index (κ3) is 4.38. The average Bonchev–Trinajstić information content (AvgIpc) is 2.90. The Kier molecular flexibility index (Phi) is 6.09. The molecule has 4 N–H and O–H groups in total. The van der Waals surface area contributed by atoms with Gasteiger partial charge >= 0.3 is 5.97 Å². The number of benzene rings is 4. The first-order valence-electron chi connectivity index (χ1n) is 11.7. The van der Waals surface area contributed by atoms with Gasteiger partial charge < -0.3 is 30.1 Å². The van der Waals surface area contributed by atoms with E-state index in [0.29, 0.717) is 22.3 Å². The largest absolute Gasteiger partial charge is 0.504 e. The number of carbonyl (C=O) groups excluding carboxylic acids is 2. The minimum atomic E-state index is -1.00. The van der Waals surface area contributed by atoms with E-state index in [2.05, 4.69) is 0 Å². The van der Waals surface area contributed by atoms with Gasteiger partial charge in [-0.2, -0.15) is 0 Å². The molecule has 0 saturated carbocycles. The number of nitrogens with zero attached hydrogens (tertiary/aromatic N) is 1. The van der Waals surface area contributed by atoms with Crippen molar-refractivity contribution in [3.63, 3.8) is 0 Å². The van der Waals surface area contributed by atoms with Crippen LogP contribution in [-0.4, -0.2) is 50.4 Å². The summed E-state index contributed by atoms with van der Waals surface area (Å²) in [5.41, 5.74) is 2.09. The van der Waals surface area contributed by atoms with Gasteiger partial charge in [0.25, 0.3) is 5.91 Å². The molecule has 0 aromatic heterocycles. The number of methoxy groups -OCH3 is 1. The zero-order chi connectivity index (χ0) is 26.3. The third-order valence-electron chi connectivity index (χ3n) is 6.85. The summed E-state index contributed by atoms with van der Waals surface area (Å²) in [6.45, 7) is 0. The van der Waals surface area contributed by atoms with Crippen LogP contribution >= 0.6 is 0 Å². The van der Waals surface area contributed by atoms with Crippen molar-refractivity contribution < 1.29 is 34.8 Å². The van der Waals surface area contributed by atoms with Crippen molar-refractivity contribution in [1.82, 2.24) is 4.90 Å². The predicted molar refractivity (Wildman–Crippen MR) is 136 cm³/mol. The second-order valence-corrected chi connectivity index (χ2v) is 9.10. The summed E-state index contributed by atoms with van der Waals surface area (Å²) in [5, 5.41) is 42.1. The van der Waals surface area contributed by atoms with E-state index in [1.54, 1.807) is 18.2 Å².